The van der Waals surface area contributed by atoms with E-state index in [0.29, 0.717) is 17.1 Å². The van der Waals surface area contributed by atoms with E-state index >= 15 is 0 Å². The van der Waals surface area contributed by atoms with Gasteiger partial charge in [0, 0.05) is 22.5 Å². The van der Waals surface area contributed by atoms with Crippen LogP contribution in [0, 0.1) is 5.92 Å². The number of rotatable bonds is 4. The molecular formula is C24H25ClN2O2. The lowest BCUT2D eigenvalue weighted by Gasteiger charge is -2.27. The summed E-state index contributed by atoms with van der Waals surface area (Å²) >= 11 is 5.97. The Hall–Kier alpha value is -2.59. The van der Waals surface area contributed by atoms with E-state index in [1.165, 1.54) is 6.07 Å². The van der Waals surface area contributed by atoms with Gasteiger partial charge in [-0.15, -0.1) is 0 Å². The van der Waals surface area contributed by atoms with Crippen molar-refractivity contribution in [3.05, 3.63) is 81.1 Å². The molecule has 0 saturated heterocycles. The number of hydrogen-bond acceptors (Lipinski definition) is 2. The molecule has 1 saturated carbocycles. The van der Waals surface area contributed by atoms with Crippen LogP contribution in [-0.2, 0) is 6.54 Å². The Bertz CT molecular complexity index is 1080. The second-order valence-corrected chi connectivity index (χ2v) is 8.49. The topological polar surface area (TPSA) is 51.1 Å². The molecule has 1 aliphatic carbocycles. The summed E-state index contributed by atoms with van der Waals surface area (Å²) in [5, 5.41) is 4.61. The highest BCUT2D eigenvalue weighted by Gasteiger charge is 2.22. The van der Waals surface area contributed by atoms with E-state index in [0.717, 1.165) is 48.1 Å². The minimum Gasteiger partial charge on any atom is -0.349 e. The number of aromatic nitrogens is 1. The number of carbonyl (C=O) groups excluding carboxylic acids is 1. The zero-order chi connectivity index (χ0) is 20.4. The first kappa shape index (κ1) is 19.7. The molecule has 29 heavy (non-hydrogen) atoms. The van der Waals surface area contributed by atoms with Crippen LogP contribution in [0.15, 0.2) is 59.4 Å². The predicted octanol–water partition coefficient (Wildman–Crippen LogP) is 5.01. The molecule has 4 nitrogen and oxygen atoms in total. The maximum atomic E-state index is 13.0. The van der Waals surface area contributed by atoms with Crippen LogP contribution in [0.1, 0.15) is 48.5 Å². The zero-order valence-corrected chi connectivity index (χ0v) is 17.3. The highest BCUT2D eigenvalue weighted by Crippen LogP contribution is 2.24. The van der Waals surface area contributed by atoms with Crippen molar-refractivity contribution in [2.45, 2.75) is 45.2 Å². The van der Waals surface area contributed by atoms with Crippen LogP contribution in [0.2, 0.25) is 5.02 Å². The SMILES string of the molecule is CC1CCC(NC(=O)c2cc(=O)n(Cc3ccc(Cl)cc3)c3ccccc23)CC1. The zero-order valence-electron chi connectivity index (χ0n) is 16.5. The van der Waals surface area contributed by atoms with Gasteiger partial charge in [-0.2, -0.15) is 0 Å². The highest BCUT2D eigenvalue weighted by molar-refractivity contribution is 6.30. The molecule has 0 bridgehead atoms. The second-order valence-electron chi connectivity index (χ2n) is 8.06. The normalized spacial score (nSPS) is 19.2. The lowest BCUT2D eigenvalue weighted by atomic mass is 9.87. The van der Waals surface area contributed by atoms with Crippen LogP contribution in [0.25, 0.3) is 10.9 Å². The fourth-order valence-electron chi connectivity index (χ4n) is 4.13. The molecule has 1 heterocycles. The van der Waals surface area contributed by atoms with Crippen LogP contribution in [0.3, 0.4) is 0 Å². The number of fused-ring (bicyclic) bond motifs is 1. The predicted molar refractivity (Wildman–Crippen MR) is 118 cm³/mol. The number of carbonyl (C=O) groups is 1. The smallest absolute Gasteiger partial charge is 0.252 e. The Morgan fingerprint density at radius 1 is 1.07 bits per heavy atom. The van der Waals surface area contributed by atoms with E-state index in [9.17, 15) is 9.59 Å². The quantitative estimate of drug-likeness (QED) is 0.659. The van der Waals surface area contributed by atoms with Crippen molar-refractivity contribution in [1.29, 1.82) is 0 Å². The molecule has 1 aromatic heterocycles. The Labute approximate surface area is 175 Å². The van der Waals surface area contributed by atoms with E-state index in [4.69, 9.17) is 11.6 Å². The first-order valence-corrected chi connectivity index (χ1v) is 10.6. The third-order valence-electron chi connectivity index (χ3n) is 5.87. The fraction of sp³-hybridized carbons (Fsp3) is 0.333. The van der Waals surface area contributed by atoms with Crippen molar-refractivity contribution < 1.29 is 4.79 Å². The molecule has 1 aliphatic rings. The number of nitrogens with one attached hydrogen (secondary N) is 1. The van der Waals surface area contributed by atoms with Gasteiger partial charge in [-0.25, -0.2) is 0 Å². The van der Waals surface area contributed by atoms with Crippen LogP contribution >= 0.6 is 11.6 Å². The molecule has 0 radical (unpaired) electrons. The van der Waals surface area contributed by atoms with Gasteiger partial charge < -0.3 is 9.88 Å². The van der Waals surface area contributed by atoms with Gasteiger partial charge in [0.05, 0.1) is 17.6 Å². The van der Waals surface area contributed by atoms with E-state index in [1.807, 2.05) is 48.5 Å². The summed E-state index contributed by atoms with van der Waals surface area (Å²) in [5.74, 6) is 0.567. The van der Waals surface area contributed by atoms with Gasteiger partial charge in [-0.3, -0.25) is 9.59 Å². The lowest BCUT2D eigenvalue weighted by Crippen LogP contribution is -2.38. The largest absolute Gasteiger partial charge is 0.349 e. The molecule has 0 spiro atoms. The first-order valence-electron chi connectivity index (χ1n) is 10.2. The van der Waals surface area contributed by atoms with Gasteiger partial charge in [0.2, 0.25) is 0 Å². The molecule has 4 rings (SSSR count). The number of pyridine rings is 1. The summed E-state index contributed by atoms with van der Waals surface area (Å²) < 4.78 is 1.71. The molecule has 0 unspecified atom stereocenters. The first-order chi connectivity index (χ1) is 14.0. The van der Waals surface area contributed by atoms with Crippen molar-refractivity contribution in [2.75, 3.05) is 0 Å². The van der Waals surface area contributed by atoms with Crippen LogP contribution in [0.5, 0.6) is 0 Å². The highest BCUT2D eigenvalue weighted by atomic mass is 35.5. The van der Waals surface area contributed by atoms with Gasteiger partial charge in [0.15, 0.2) is 0 Å². The third-order valence-corrected chi connectivity index (χ3v) is 6.12. The summed E-state index contributed by atoms with van der Waals surface area (Å²) in [7, 11) is 0. The van der Waals surface area contributed by atoms with Crippen LogP contribution in [-0.4, -0.2) is 16.5 Å². The summed E-state index contributed by atoms with van der Waals surface area (Å²) in [4.78, 5) is 25.9. The summed E-state index contributed by atoms with van der Waals surface area (Å²) in [6.45, 7) is 2.69. The van der Waals surface area contributed by atoms with Crippen molar-refractivity contribution in [3.8, 4) is 0 Å². The summed E-state index contributed by atoms with van der Waals surface area (Å²) in [5.41, 5.74) is 2.02. The molecule has 1 N–H and O–H groups in total. The van der Waals surface area contributed by atoms with E-state index in [-0.39, 0.29) is 17.5 Å². The van der Waals surface area contributed by atoms with Crippen molar-refractivity contribution in [2.24, 2.45) is 5.92 Å². The molecule has 150 valence electrons. The Balaban J connectivity index is 1.67. The lowest BCUT2D eigenvalue weighted by molar-refractivity contribution is 0.0924. The molecule has 3 aromatic rings. The molecule has 1 amide bonds. The van der Waals surface area contributed by atoms with Crippen molar-refractivity contribution in [1.82, 2.24) is 9.88 Å². The minimum absolute atomic E-state index is 0.156. The third kappa shape index (κ3) is 4.38. The Morgan fingerprint density at radius 2 is 1.76 bits per heavy atom. The number of benzene rings is 2. The minimum atomic E-state index is -0.180. The average Bonchev–Trinajstić information content (AvgIpc) is 2.73. The molecule has 0 aliphatic heterocycles. The number of para-hydroxylation sites is 1. The van der Waals surface area contributed by atoms with Gasteiger partial charge in [0.25, 0.3) is 11.5 Å². The monoisotopic (exact) mass is 408 g/mol. The molecular weight excluding hydrogens is 384 g/mol. The van der Waals surface area contributed by atoms with Crippen LogP contribution in [0.4, 0.5) is 0 Å². The van der Waals surface area contributed by atoms with Crippen LogP contribution < -0.4 is 10.9 Å². The number of halogens is 1. The van der Waals surface area contributed by atoms with Crippen molar-refractivity contribution in [3.63, 3.8) is 0 Å². The van der Waals surface area contributed by atoms with Gasteiger partial charge in [0.1, 0.15) is 0 Å². The van der Waals surface area contributed by atoms with E-state index in [2.05, 4.69) is 12.2 Å². The summed E-state index contributed by atoms with van der Waals surface area (Å²) in [6, 6.07) is 16.7. The Morgan fingerprint density at radius 3 is 2.48 bits per heavy atom. The standard InChI is InChI=1S/C24H25ClN2O2/c1-16-6-12-19(13-7-16)26-24(29)21-14-23(28)27(22-5-3-2-4-20(21)22)15-17-8-10-18(25)11-9-17/h2-5,8-11,14,16,19H,6-7,12-13,15H2,1H3,(H,26,29). The summed E-state index contributed by atoms with van der Waals surface area (Å²) in [6.07, 6.45) is 4.26. The number of amides is 1. The maximum Gasteiger partial charge on any atom is 0.252 e. The molecule has 5 heteroatoms. The maximum absolute atomic E-state index is 13.0. The van der Waals surface area contributed by atoms with Gasteiger partial charge >= 0.3 is 0 Å². The Kier molecular flexibility index (Phi) is 5.72. The second kappa shape index (κ2) is 8.42. The van der Waals surface area contributed by atoms with E-state index < -0.39 is 0 Å². The van der Waals surface area contributed by atoms with E-state index in [1.54, 1.807) is 4.57 Å². The van der Waals surface area contributed by atoms with Gasteiger partial charge in [-0.05, 0) is 55.4 Å². The average molecular weight is 409 g/mol. The molecule has 0 atom stereocenters. The number of nitrogens with zero attached hydrogens (tertiary/aromatic N) is 1. The fourth-order valence-corrected chi connectivity index (χ4v) is 4.25. The molecule has 1 fully saturated rings. The number of hydrogen-bond donors (Lipinski definition) is 1. The van der Waals surface area contributed by atoms with Gasteiger partial charge in [-0.1, -0.05) is 48.9 Å². The van der Waals surface area contributed by atoms with Crippen molar-refractivity contribution >= 4 is 28.4 Å². The molecule has 2 aromatic carbocycles.